The lowest BCUT2D eigenvalue weighted by Gasteiger charge is -2.21. The molecular weight excluding hydrogens is 362 g/mol. The highest BCUT2D eigenvalue weighted by atomic mass is 16.1. The van der Waals surface area contributed by atoms with E-state index in [0.29, 0.717) is 22.8 Å². The summed E-state index contributed by atoms with van der Waals surface area (Å²) in [4.78, 5) is 24.9. The summed E-state index contributed by atoms with van der Waals surface area (Å²) in [5, 5.41) is 4.26. The van der Waals surface area contributed by atoms with Gasteiger partial charge in [0.1, 0.15) is 5.36 Å². The van der Waals surface area contributed by atoms with Gasteiger partial charge in [-0.15, -0.1) is 0 Å². The lowest BCUT2D eigenvalue weighted by molar-refractivity contribution is 0.763. The maximum Gasteiger partial charge on any atom is 0.276 e. The van der Waals surface area contributed by atoms with E-state index in [0.717, 1.165) is 35.6 Å². The largest absolute Gasteiger partial charge is 0.372 e. The summed E-state index contributed by atoms with van der Waals surface area (Å²) in [7, 11) is 0. The summed E-state index contributed by atoms with van der Waals surface area (Å²) in [5.74, 6) is 0.161. The lowest BCUT2D eigenvalue weighted by Crippen LogP contribution is -2.24. The molecule has 29 heavy (non-hydrogen) atoms. The average molecular weight is 394 g/mol. The second-order valence-corrected chi connectivity index (χ2v) is 7.64. The summed E-state index contributed by atoms with van der Waals surface area (Å²) in [6.07, 6.45) is 0.645. The average Bonchev–Trinajstić information content (AvgIpc) is 3.00. The van der Waals surface area contributed by atoms with E-state index in [1.165, 1.54) is 10.2 Å². The maximum absolute atomic E-state index is 13.0. The Hall–Kier alpha value is -2.89. The summed E-state index contributed by atoms with van der Waals surface area (Å²) < 4.78 is 1.48. The van der Waals surface area contributed by atoms with Crippen molar-refractivity contribution in [1.29, 1.82) is 0 Å². The standard InChI is InChI=1S/C23H31N5O/c1-8-18-20(14(4)5)25-22-21(16(7)26-28(22)23(18)29)24-19-12-11-17(13-15(19)6)27(9-2)10-3/h11-14,26H,7-10H2,1-6H3. The molecule has 2 aromatic heterocycles. The Labute approximate surface area is 171 Å². The Kier molecular flexibility index (Phi) is 5.91. The van der Waals surface area contributed by atoms with Crippen molar-refractivity contribution in [3.05, 3.63) is 56.1 Å². The predicted molar refractivity (Wildman–Crippen MR) is 120 cm³/mol. The second-order valence-electron chi connectivity index (χ2n) is 7.64. The molecule has 0 fully saturated rings. The van der Waals surface area contributed by atoms with Crippen molar-refractivity contribution in [2.45, 2.75) is 53.9 Å². The van der Waals surface area contributed by atoms with Crippen molar-refractivity contribution >= 4 is 23.6 Å². The zero-order valence-electron chi connectivity index (χ0n) is 18.3. The first kappa shape index (κ1) is 20.8. The Balaban J connectivity index is 2.25. The number of aryl methyl sites for hydroxylation is 1. The van der Waals surface area contributed by atoms with Crippen LogP contribution in [0, 0.1) is 6.92 Å². The number of rotatable bonds is 6. The van der Waals surface area contributed by atoms with E-state index < -0.39 is 0 Å². The fourth-order valence-electron chi connectivity index (χ4n) is 3.76. The van der Waals surface area contributed by atoms with Crippen LogP contribution >= 0.6 is 0 Å². The van der Waals surface area contributed by atoms with E-state index in [4.69, 9.17) is 9.98 Å². The van der Waals surface area contributed by atoms with Gasteiger partial charge >= 0.3 is 0 Å². The normalized spacial score (nSPS) is 12.3. The summed E-state index contributed by atoms with van der Waals surface area (Å²) in [5.41, 5.74) is 5.15. The molecule has 0 radical (unpaired) electrons. The molecule has 0 aliphatic carbocycles. The molecule has 3 aromatic rings. The first-order chi connectivity index (χ1) is 13.8. The van der Waals surface area contributed by atoms with E-state index in [-0.39, 0.29) is 11.5 Å². The third-order valence-corrected chi connectivity index (χ3v) is 5.39. The van der Waals surface area contributed by atoms with Gasteiger partial charge in [0, 0.05) is 24.3 Å². The smallest absolute Gasteiger partial charge is 0.276 e. The molecule has 0 bridgehead atoms. The van der Waals surface area contributed by atoms with Gasteiger partial charge in [-0.3, -0.25) is 9.89 Å². The van der Waals surface area contributed by atoms with Crippen molar-refractivity contribution in [2.24, 2.45) is 4.99 Å². The van der Waals surface area contributed by atoms with Crippen LogP contribution in [-0.4, -0.2) is 27.7 Å². The number of aromatic nitrogens is 3. The molecule has 6 nitrogen and oxygen atoms in total. The number of hydrogen-bond acceptors (Lipinski definition) is 4. The number of fused-ring (bicyclic) bond motifs is 1. The van der Waals surface area contributed by atoms with Gasteiger partial charge in [0.05, 0.1) is 16.7 Å². The minimum atomic E-state index is -0.0684. The number of benzene rings is 1. The lowest BCUT2D eigenvalue weighted by atomic mass is 10.0. The zero-order valence-corrected chi connectivity index (χ0v) is 18.3. The monoisotopic (exact) mass is 393 g/mol. The molecule has 0 amide bonds. The highest BCUT2D eigenvalue weighted by Crippen LogP contribution is 2.24. The quantitative estimate of drug-likeness (QED) is 0.699. The summed E-state index contributed by atoms with van der Waals surface area (Å²) >= 11 is 0. The molecule has 3 rings (SSSR count). The Morgan fingerprint density at radius 2 is 1.93 bits per heavy atom. The van der Waals surface area contributed by atoms with E-state index >= 15 is 0 Å². The summed E-state index contributed by atoms with van der Waals surface area (Å²) in [6, 6.07) is 6.26. The third-order valence-electron chi connectivity index (χ3n) is 5.39. The second kappa shape index (κ2) is 8.23. The highest BCUT2D eigenvalue weighted by Gasteiger charge is 2.16. The van der Waals surface area contributed by atoms with Crippen LogP contribution in [-0.2, 0) is 6.42 Å². The number of H-pyrrole nitrogens is 1. The molecule has 0 unspecified atom stereocenters. The summed E-state index contributed by atoms with van der Waals surface area (Å²) in [6.45, 7) is 18.4. The Morgan fingerprint density at radius 1 is 1.24 bits per heavy atom. The number of anilines is 1. The maximum atomic E-state index is 13.0. The van der Waals surface area contributed by atoms with Gasteiger partial charge in [-0.2, -0.15) is 4.52 Å². The molecule has 0 saturated heterocycles. The number of nitrogens with one attached hydrogen (secondary N) is 1. The van der Waals surface area contributed by atoms with E-state index in [9.17, 15) is 4.79 Å². The van der Waals surface area contributed by atoms with Gasteiger partial charge in [-0.25, -0.2) is 9.98 Å². The number of nitrogens with zero attached hydrogens (tertiary/aromatic N) is 4. The van der Waals surface area contributed by atoms with Gasteiger partial charge < -0.3 is 4.90 Å². The van der Waals surface area contributed by atoms with Crippen LogP contribution in [0.4, 0.5) is 11.4 Å². The van der Waals surface area contributed by atoms with Crippen LogP contribution in [0.2, 0.25) is 0 Å². The molecule has 0 spiro atoms. The van der Waals surface area contributed by atoms with Gasteiger partial charge in [0.25, 0.3) is 5.56 Å². The van der Waals surface area contributed by atoms with E-state index in [1.807, 2.05) is 13.0 Å². The van der Waals surface area contributed by atoms with Gasteiger partial charge in [0.2, 0.25) is 0 Å². The molecular formula is C23H31N5O. The topological polar surface area (TPSA) is 65.8 Å². The van der Waals surface area contributed by atoms with E-state index in [1.54, 1.807) is 0 Å². The number of hydrogen-bond donors (Lipinski definition) is 1. The van der Waals surface area contributed by atoms with Gasteiger partial charge in [0.15, 0.2) is 5.65 Å². The van der Waals surface area contributed by atoms with Gasteiger partial charge in [-0.1, -0.05) is 27.4 Å². The minimum absolute atomic E-state index is 0.0684. The number of aromatic amines is 1. The Bertz CT molecular complexity index is 1200. The fraction of sp³-hybridized carbons (Fsp3) is 0.435. The van der Waals surface area contributed by atoms with E-state index in [2.05, 4.69) is 63.3 Å². The van der Waals surface area contributed by atoms with Crippen LogP contribution in [0.3, 0.4) is 0 Å². The van der Waals surface area contributed by atoms with Crippen LogP contribution in [0.15, 0.2) is 28.0 Å². The van der Waals surface area contributed by atoms with Crippen LogP contribution in [0.1, 0.15) is 57.4 Å². The molecule has 0 aliphatic heterocycles. The van der Waals surface area contributed by atoms with Crippen LogP contribution in [0.5, 0.6) is 0 Å². The SMILES string of the molecule is C=c1[nH]n2c(=O)c(CC)c(C(C)C)nc2c1=Nc1ccc(N(CC)CC)cc1C. The first-order valence-corrected chi connectivity index (χ1v) is 10.4. The predicted octanol–water partition coefficient (Wildman–Crippen LogP) is 3.22. The van der Waals surface area contributed by atoms with Crippen molar-refractivity contribution in [3.8, 4) is 0 Å². The molecule has 0 atom stereocenters. The third kappa shape index (κ3) is 3.71. The minimum Gasteiger partial charge on any atom is -0.372 e. The molecule has 2 heterocycles. The molecule has 6 heteroatoms. The Morgan fingerprint density at radius 3 is 2.48 bits per heavy atom. The molecule has 1 aromatic carbocycles. The molecule has 0 aliphatic rings. The van der Waals surface area contributed by atoms with Crippen LogP contribution in [0.25, 0.3) is 12.2 Å². The molecule has 1 N–H and O–H groups in total. The first-order valence-electron chi connectivity index (χ1n) is 10.4. The van der Waals surface area contributed by atoms with Crippen molar-refractivity contribution in [1.82, 2.24) is 14.6 Å². The van der Waals surface area contributed by atoms with Crippen molar-refractivity contribution < 1.29 is 0 Å². The zero-order chi connectivity index (χ0) is 21.3. The van der Waals surface area contributed by atoms with Crippen LogP contribution < -0.4 is 21.2 Å². The molecule has 154 valence electrons. The highest BCUT2D eigenvalue weighted by molar-refractivity contribution is 5.58. The fourth-order valence-corrected chi connectivity index (χ4v) is 3.76. The van der Waals surface area contributed by atoms with Gasteiger partial charge in [-0.05, 0) is 56.9 Å². The van der Waals surface area contributed by atoms with Crippen molar-refractivity contribution in [2.75, 3.05) is 18.0 Å². The van der Waals surface area contributed by atoms with Crippen molar-refractivity contribution in [3.63, 3.8) is 0 Å². The molecule has 0 saturated carbocycles.